The molecule has 5 aromatic rings. The molecule has 0 spiro atoms. The number of rotatable bonds is 8. The highest BCUT2D eigenvalue weighted by Gasteiger charge is 2.23. The van der Waals surface area contributed by atoms with Crippen molar-refractivity contribution < 1.29 is 23.6 Å². The Labute approximate surface area is 241 Å². The molecule has 3 aromatic carbocycles. The number of carbonyl (C=O) groups is 1. The summed E-state index contributed by atoms with van der Waals surface area (Å²) in [5.74, 6) is -0.719. The molecule has 0 unspecified atom stereocenters. The summed E-state index contributed by atoms with van der Waals surface area (Å²) < 4.78 is 17.5. The Morgan fingerprint density at radius 2 is 1.93 bits per heavy atom. The van der Waals surface area contributed by atoms with Crippen molar-refractivity contribution in [2.75, 3.05) is 6.61 Å². The van der Waals surface area contributed by atoms with E-state index in [1.54, 1.807) is 62.4 Å². The minimum Gasteiger partial charge on any atom is -0.474 e. The van der Waals surface area contributed by atoms with E-state index in [0.717, 1.165) is 17.0 Å². The number of carbonyl (C=O) groups excluding carboxylic acids is 1. The van der Waals surface area contributed by atoms with Gasteiger partial charge < -0.3 is 13.9 Å². The summed E-state index contributed by atoms with van der Waals surface area (Å²) in [7, 11) is 0. The molecule has 0 radical (unpaired) electrons. The van der Waals surface area contributed by atoms with Crippen molar-refractivity contribution in [1.82, 2.24) is 9.66 Å². The molecule has 11 nitrogen and oxygen atoms in total. The molecule has 2 aromatic heterocycles. The van der Waals surface area contributed by atoms with Crippen LogP contribution in [0.5, 0.6) is 5.75 Å². The molecule has 0 bridgehead atoms. The first-order chi connectivity index (χ1) is 19.6. The van der Waals surface area contributed by atoms with Crippen LogP contribution in [0.1, 0.15) is 19.4 Å². The van der Waals surface area contributed by atoms with E-state index in [0.29, 0.717) is 21.5 Å². The van der Waals surface area contributed by atoms with Crippen molar-refractivity contribution in [3.63, 3.8) is 0 Å². The van der Waals surface area contributed by atoms with Gasteiger partial charge in [-0.3, -0.25) is 14.9 Å². The summed E-state index contributed by atoms with van der Waals surface area (Å²) in [5.41, 5.74) is -0.0845. The van der Waals surface area contributed by atoms with E-state index in [9.17, 15) is 19.7 Å². The van der Waals surface area contributed by atoms with Gasteiger partial charge >= 0.3 is 11.7 Å². The Hall–Kier alpha value is -4.74. The number of halogens is 2. The van der Waals surface area contributed by atoms with Crippen LogP contribution in [-0.2, 0) is 9.53 Å². The second-order valence-corrected chi connectivity index (χ2v) is 9.91. The molecule has 41 heavy (non-hydrogen) atoms. The number of esters is 1. The highest BCUT2D eigenvalue weighted by Crippen LogP contribution is 2.34. The number of benzene rings is 3. The number of nitro groups is 1. The van der Waals surface area contributed by atoms with E-state index in [4.69, 9.17) is 37.1 Å². The minimum atomic E-state index is -0.727. The van der Waals surface area contributed by atoms with E-state index in [1.165, 1.54) is 6.07 Å². The molecule has 2 heterocycles. The van der Waals surface area contributed by atoms with Gasteiger partial charge in [0.1, 0.15) is 5.58 Å². The smallest absolute Gasteiger partial charge is 0.344 e. The van der Waals surface area contributed by atoms with Gasteiger partial charge in [0.15, 0.2) is 12.4 Å². The van der Waals surface area contributed by atoms with E-state index in [2.05, 4.69) is 10.1 Å². The number of hydrogen-bond donors (Lipinski definition) is 0. The van der Waals surface area contributed by atoms with Gasteiger partial charge in [-0.1, -0.05) is 35.3 Å². The van der Waals surface area contributed by atoms with Crippen molar-refractivity contribution in [3.05, 3.63) is 96.7 Å². The largest absolute Gasteiger partial charge is 0.474 e. The summed E-state index contributed by atoms with van der Waals surface area (Å²) in [4.78, 5) is 41.3. The van der Waals surface area contributed by atoms with Crippen molar-refractivity contribution in [2.24, 2.45) is 5.10 Å². The molecule has 0 aliphatic heterocycles. The molecule has 5 rings (SSSR count). The highest BCUT2D eigenvalue weighted by atomic mass is 35.5. The van der Waals surface area contributed by atoms with E-state index in [1.807, 2.05) is 0 Å². The predicted molar refractivity (Wildman–Crippen MR) is 154 cm³/mol. The summed E-state index contributed by atoms with van der Waals surface area (Å²) in [6.07, 6.45) is 0.746. The maximum absolute atomic E-state index is 13.6. The average Bonchev–Trinajstić information content (AvgIpc) is 3.34. The lowest BCUT2D eigenvalue weighted by Crippen LogP contribution is -2.21. The Kier molecular flexibility index (Phi) is 7.73. The van der Waals surface area contributed by atoms with Gasteiger partial charge in [-0.25, -0.2) is 9.78 Å². The van der Waals surface area contributed by atoms with Crippen molar-refractivity contribution in [2.45, 2.75) is 20.0 Å². The quantitative estimate of drug-likeness (QED) is 0.0890. The van der Waals surface area contributed by atoms with Crippen molar-refractivity contribution >= 4 is 62.9 Å². The molecule has 13 heteroatoms. The molecule has 0 aliphatic carbocycles. The molecule has 0 atom stereocenters. The summed E-state index contributed by atoms with van der Waals surface area (Å²) in [6, 6.07) is 15.9. The van der Waals surface area contributed by atoms with Crippen molar-refractivity contribution in [3.8, 4) is 17.3 Å². The maximum atomic E-state index is 13.6. The monoisotopic (exact) mass is 594 g/mol. The number of nitrogens with zero attached hydrogens (tertiary/aromatic N) is 4. The SMILES string of the molecule is CC(C)OC(=O)COc1c(C=Nn2c(-c3cc4cc(Cl)ccc4o3)nc3ccccc3c2=O)cc(Cl)cc1[N+](=O)[O-]. The molecule has 0 fully saturated rings. The lowest BCUT2D eigenvalue weighted by Gasteiger charge is -2.12. The summed E-state index contributed by atoms with van der Waals surface area (Å²) >= 11 is 12.3. The molecular weight excluding hydrogens is 575 g/mol. The fraction of sp³-hybridized carbons (Fsp3) is 0.143. The Morgan fingerprint density at radius 3 is 2.68 bits per heavy atom. The number of aromatic nitrogens is 2. The zero-order valence-corrected chi connectivity index (χ0v) is 23.0. The third kappa shape index (κ3) is 5.91. The number of furan rings is 1. The normalized spacial score (nSPS) is 11.5. The third-order valence-electron chi connectivity index (χ3n) is 5.73. The maximum Gasteiger partial charge on any atom is 0.344 e. The van der Waals surface area contributed by atoms with Crippen LogP contribution in [0, 0.1) is 10.1 Å². The van der Waals surface area contributed by atoms with Gasteiger partial charge in [-0.05, 0) is 56.3 Å². The number of para-hydroxylation sites is 1. The minimum absolute atomic E-state index is 0.00799. The van der Waals surface area contributed by atoms with Crippen LogP contribution in [0.15, 0.2) is 75.0 Å². The summed E-state index contributed by atoms with van der Waals surface area (Å²) in [5, 5.41) is 17.6. The fourth-order valence-electron chi connectivity index (χ4n) is 4.05. The zero-order chi connectivity index (χ0) is 29.3. The van der Waals surface area contributed by atoms with Gasteiger partial charge in [0.2, 0.25) is 11.6 Å². The fourth-order valence-corrected chi connectivity index (χ4v) is 4.45. The van der Waals surface area contributed by atoms with Gasteiger partial charge in [-0.2, -0.15) is 9.78 Å². The van der Waals surface area contributed by atoms with Gasteiger partial charge in [0, 0.05) is 27.1 Å². The first-order valence-electron chi connectivity index (χ1n) is 12.2. The topological polar surface area (TPSA) is 139 Å². The van der Waals surface area contributed by atoms with Crippen LogP contribution in [0.3, 0.4) is 0 Å². The van der Waals surface area contributed by atoms with Crippen LogP contribution >= 0.6 is 23.2 Å². The highest BCUT2D eigenvalue weighted by molar-refractivity contribution is 6.31. The van der Waals surface area contributed by atoms with Crippen LogP contribution in [0.2, 0.25) is 10.0 Å². The van der Waals surface area contributed by atoms with E-state index in [-0.39, 0.29) is 33.3 Å². The number of hydrogen-bond acceptors (Lipinski definition) is 9. The van der Waals surface area contributed by atoms with E-state index >= 15 is 0 Å². The third-order valence-corrected chi connectivity index (χ3v) is 6.18. The Morgan fingerprint density at radius 1 is 1.15 bits per heavy atom. The first kappa shape index (κ1) is 27.8. The lowest BCUT2D eigenvalue weighted by molar-refractivity contribution is -0.385. The predicted octanol–water partition coefficient (Wildman–Crippen LogP) is 6.24. The van der Waals surface area contributed by atoms with Crippen LogP contribution in [-0.4, -0.2) is 39.5 Å². The van der Waals surface area contributed by atoms with Gasteiger partial charge in [0.25, 0.3) is 5.56 Å². The summed E-state index contributed by atoms with van der Waals surface area (Å²) in [6.45, 7) is 2.71. The first-order valence-corrected chi connectivity index (χ1v) is 12.9. The lowest BCUT2D eigenvalue weighted by atomic mass is 10.2. The molecule has 0 amide bonds. The molecular formula is C28H20Cl2N4O7. The Bertz CT molecular complexity index is 1910. The molecule has 0 saturated heterocycles. The van der Waals surface area contributed by atoms with Crippen LogP contribution in [0.4, 0.5) is 5.69 Å². The van der Waals surface area contributed by atoms with Gasteiger partial charge in [0.05, 0.1) is 28.1 Å². The molecule has 0 saturated carbocycles. The van der Waals surface area contributed by atoms with E-state index < -0.39 is 34.9 Å². The Balaban J connectivity index is 1.66. The number of nitro benzene ring substituents is 1. The molecule has 208 valence electrons. The van der Waals surface area contributed by atoms with Crippen LogP contribution in [0.25, 0.3) is 33.5 Å². The second-order valence-electron chi connectivity index (χ2n) is 9.03. The zero-order valence-electron chi connectivity index (χ0n) is 21.5. The van der Waals surface area contributed by atoms with Crippen LogP contribution < -0.4 is 10.3 Å². The second kappa shape index (κ2) is 11.4. The standard InChI is InChI=1S/C28H20Cl2N4O7/c1-15(2)40-25(35)14-39-26-17(10-19(30)12-22(26)34(37)38)13-31-33-27(32-21-6-4-3-5-20(21)28(33)36)24-11-16-9-18(29)7-8-23(16)41-24/h3-13,15H,14H2,1-2H3. The average molecular weight is 595 g/mol. The van der Waals surface area contributed by atoms with Gasteiger partial charge in [-0.15, -0.1) is 0 Å². The number of ether oxygens (including phenoxy) is 2. The van der Waals surface area contributed by atoms with Crippen molar-refractivity contribution in [1.29, 1.82) is 0 Å². The molecule has 0 aliphatic rings. The molecule has 0 N–H and O–H groups in total. The number of fused-ring (bicyclic) bond motifs is 2.